The third-order valence-electron chi connectivity index (χ3n) is 3.94. The van der Waals surface area contributed by atoms with Gasteiger partial charge in [-0.2, -0.15) is 10.5 Å². The lowest BCUT2D eigenvalue weighted by Crippen LogP contribution is -2.12. The summed E-state index contributed by atoms with van der Waals surface area (Å²) in [5, 5.41) is 21.2. The van der Waals surface area contributed by atoms with Gasteiger partial charge in [-0.25, -0.2) is 0 Å². The number of nitrogens with one attached hydrogen (secondary N) is 1. The topological polar surface area (TPSA) is 95.1 Å². The Bertz CT molecular complexity index is 1060. The normalized spacial score (nSPS) is 9.68. The maximum absolute atomic E-state index is 12.4. The van der Waals surface area contributed by atoms with E-state index >= 15 is 0 Å². The van der Waals surface area contributed by atoms with Gasteiger partial charge >= 0.3 is 0 Å². The minimum Gasteiger partial charge on any atom is -0.496 e. The molecule has 0 spiro atoms. The fourth-order valence-corrected chi connectivity index (χ4v) is 2.58. The molecule has 0 fully saturated rings. The molecule has 0 bridgehead atoms. The summed E-state index contributed by atoms with van der Waals surface area (Å²) in [6, 6.07) is 22.4. The third kappa shape index (κ3) is 3.92. The first-order valence-electron chi connectivity index (χ1n) is 8.31. The van der Waals surface area contributed by atoms with Crippen molar-refractivity contribution < 1.29 is 14.3 Å². The van der Waals surface area contributed by atoms with Crippen LogP contribution in [0.2, 0.25) is 0 Å². The van der Waals surface area contributed by atoms with Gasteiger partial charge in [-0.15, -0.1) is 0 Å². The summed E-state index contributed by atoms with van der Waals surface area (Å²) in [6.07, 6.45) is 0. The van der Waals surface area contributed by atoms with E-state index in [2.05, 4.69) is 5.32 Å². The van der Waals surface area contributed by atoms with E-state index in [0.29, 0.717) is 22.7 Å². The van der Waals surface area contributed by atoms with E-state index in [-0.39, 0.29) is 22.8 Å². The van der Waals surface area contributed by atoms with Gasteiger partial charge in [0, 0.05) is 5.69 Å². The first kappa shape index (κ1) is 18.5. The second-order valence-electron chi connectivity index (χ2n) is 5.69. The number of rotatable bonds is 5. The van der Waals surface area contributed by atoms with Crippen LogP contribution < -0.4 is 14.8 Å². The van der Waals surface area contributed by atoms with Gasteiger partial charge in [-0.1, -0.05) is 18.2 Å². The Balaban J connectivity index is 1.77. The second kappa shape index (κ2) is 8.39. The van der Waals surface area contributed by atoms with E-state index in [9.17, 15) is 15.3 Å². The van der Waals surface area contributed by atoms with Crippen LogP contribution >= 0.6 is 0 Å². The molecule has 0 radical (unpaired) electrons. The second-order valence-corrected chi connectivity index (χ2v) is 5.69. The van der Waals surface area contributed by atoms with Crippen LogP contribution in [0.15, 0.2) is 66.7 Å². The zero-order valence-corrected chi connectivity index (χ0v) is 15.0. The Labute approximate surface area is 162 Å². The van der Waals surface area contributed by atoms with Crippen molar-refractivity contribution in [3.8, 4) is 29.4 Å². The van der Waals surface area contributed by atoms with Gasteiger partial charge in [0.2, 0.25) is 0 Å². The quantitative estimate of drug-likeness (QED) is 0.715. The molecule has 3 rings (SSSR count). The maximum atomic E-state index is 12.4. The van der Waals surface area contributed by atoms with E-state index in [4.69, 9.17) is 9.47 Å². The maximum Gasteiger partial charge on any atom is 0.259 e. The molecule has 1 amide bonds. The first-order chi connectivity index (χ1) is 13.7. The van der Waals surface area contributed by atoms with Crippen LogP contribution in [0.25, 0.3) is 0 Å². The van der Waals surface area contributed by atoms with Crippen molar-refractivity contribution in [3.63, 3.8) is 0 Å². The molecule has 3 aromatic carbocycles. The number of ether oxygens (including phenoxy) is 2. The van der Waals surface area contributed by atoms with Gasteiger partial charge in [0.15, 0.2) is 5.75 Å². The van der Waals surface area contributed by atoms with Gasteiger partial charge in [-0.3, -0.25) is 4.79 Å². The van der Waals surface area contributed by atoms with Crippen LogP contribution in [0.4, 0.5) is 5.69 Å². The Morgan fingerprint density at radius 1 is 0.893 bits per heavy atom. The van der Waals surface area contributed by atoms with Crippen molar-refractivity contribution in [2.45, 2.75) is 0 Å². The highest BCUT2D eigenvalue weighted by Gasteiger charge is 2.13. The predicted molar refractivity (Wildman–Crippen MR) is 103 cm³/mol. The average molecular weight is 369 g/mol. The Hall–Kier alpha value is -4.29. The summed E-state index contributed by atoms with van der Waals surface area (Å²) < 4.78 is 10.9. The number of hydrogen-bond acceptors (Lipinski definition) is 5. The number of carbonyl (C=O) groups is 1. The number of anilines is 1. The van der Waals surface area contributed by atoms with Gasteiger partial charge < -0.3 is 14.8 Å². The molecular weight excluding hydrogens is 354 g/mol. The highest BCUT2D eigenvalue weighted by molar-refractivity contribution is 6.06. The summed E-state index contributed by atoms with van der Waals surface area (Å²) in [6.45, 7) is 0. The predicted octanol–water partition coefficient (Wildman–Crippen LogP) is 4.48. The molecule has 0 saturated heterocycles. The molecule has 0 heterocycles. The van der Waals surface area contributed by atoms with E-state index in [1.54, 1.807) is 66.7 Å². The van der Waals surface area contributed by atoms with E-state index in [0.717, 1.165) is 0 Å². The summed E-state index contributed by atoms with van der Waals surface area (Å²) in [7, 11) is 1.51. The molecule has 0 unspecified atom stereocenters. The standard InChI is InChI=1S/C22H15N3O3/c1-27-20-8-3-2-7-19(20)22(26)25-17-9-11-18(12-10-17)28-21-15(13-23)5-4-6-16(21)14-24/h2-12H,1H3,(H,25,26). The Morgan fingerprint density at radius 2 is 1.54 bits per heavy atom. The van der Waals surface area contributed by atoms with Gasteiger partial charge in [0.25, 0.3) is 5.91 Å². The van der Waals surface area contributed by atoms with Crippen molar-refractivity contribution in [1.82, 2.24) is 0 Å². The van der Waals surface area contributed by atoms with Crippen LogP contribution in [0, 0.1) is 22.7 Å². The summed E-state index contributed by atoms with van der Waals surface area (Å²) >= 11 is 0. The molecule has 6 nitrogen and oxygen atoms in total. The lowest BCUT2D eigenvalue weighted by molar-refractivity contribution is 0.102. The summed E-state index contributed by atoms with van der Waals surface area (Å²) in [5.74, 6) is 0.831. The van der Waals surface area contributed by atoms with Crippen molar-refractivity contribution in [2.24, 2.45) is 0 Å². The SMILES string of the molecule is COc1ccccc1C(=O)Nc1ccc(Oc2c(C#N)cccc2C#N)cc1. The number of hydrogen-bond donors (Lipinski definition) is 1. The lowest BCUT2D eigenvalue weighted by Gasteiger charge is -2.11. The highest BCUT2D eigenvalue weighted by atomic mass is 16.5. The summed E-state index contributed by atoms with van der Waals surface area (Å²) in [4.78, 5) is 12.4. The minimum atomic E-state index is -0.298. The highest BCUT2D eigenvalue weighted by Crippen LogP contribution is 2.29. The van der Waals surface area contributed by atoms with Gasteiger partial charge in [0.05, 0.1) is 23.8 Å². The fourth-order valence-electron chi connectivity index (χ4n) is 2.58. The van der Waals surface area contributed by atoms with Crippen molar-refractivity contribution in [1.29, 1.82) is 10.5 Å². The number of amides is 1. The molecule has 3 aromatic rings. The minimum absolute atomic E-state index is 0.207. The third-order valence-corrected chi connectivity index (χ3v) is 3.94. The fraction of sp³-hybridized carbons (Fsp3) is 0.0455. The van der Waals surface area contributed by atoms with Gasteiger partial charge in [-0.05, 0) is 48.5 Å². The molecule has 0 aliphatic rings. The van der Waals surface area contributed by atoms with Crippen molar-refractivity contribution >= 4 is 11.6 Å². The number of benzene rings is 3. The lowest BCUT2D eigenvalue weighted by atomic mass is 10.1. The molecule has 0 atom stereocenters. The number of para-hydroxylation sites is 2. The van der Waals surface area contributed by atoms with Gasteiger partial charge in [0.1, 0.15) is 23.6 Å². The number of carbonyl (C=O) groups excluding carboxylic acids is 1. The summed E-state index contributed by atoms with van der Waals surface area (Å²) in [5.41, 5.74) is 1.53. The molecule has 1 N–H and O–H groups in total. The monoisotopic (exact) mass is 369 g/mol. The first-order valence-corrected chi connectivity index (χ1v) is 8.31. The molecule has 136 valence electrons. The smallest absolute Gasteiger partial charge is 0.259 e. The van der Waals surface area contributed by atoms with E-state index < -0.39 is 0 Å². The zero-order valence-electron chi connectivity index (χ0n) is 15.0. The van der Waals surface area contributed by atoms with Crippen LogP contribution in [-0.2, 0) is 0 Å². The Morgan fingerprint density at radius 3 is 2.14 bits per heavy atom. The molecule has 0 aliphatic carbocycles. The van der Waals surface area contributed by atoms with Crippen LogP contribution in [0.1, 0.15) is 21.5 Å². The average Bonchev–Trinajstić information content (AvgIpc) is 2.75. The molecule has 0 saturated carbocycles. The Kier molecular flexibility index (Phi) is 5.55. The molecular formula is C22H15N3O3. The number of methoxy groups -OCH3 is 1. The largest absolute Gasteiger partial charge is 0.496 e. The van der Waals surface area contributed by atoms with E-state index in [1.807, 2.05) is 12.1 Å². The van der Waals surface area contributed by atoms with Crippen LogP contribution in [-0.4, -0.2) is 13.0 Å². The molecule has 0 aromatic heterocycles. The van der Waals surface area contributed by atoms with Crippen molar-refractivity contribution in [3.05, 3.63) is 83.4 Å². The molecule has 0 aliphatic heterocycles. The van der Waals surface area contributed by atoms with Crippen LogP contribution in [0.5, 0.6) is 17.2 Å². The molecule has 28 heavy (non-hydrogen) atoms. The zero-order chi connectivity index (χ0) is 19.9. The molecule has 6 heteroatoms. The number of nitriles is 2. The van der Waals surface area contributed by atoms with Crippen LogP contribution in [0.3, 0.4) is 0 Å². The van der Waals surface area contributed by atoms with E-state index in [1.165, 1.54) is 7.11 Å². The number of nitrogens with zero attached hydrogens (tertiary/aromatic N) is 2. The van der Waals surface area contributed by atoms with Crippen molar-refractivity contribution in [2.75, 3.05) is 12.4 Å².